The molecule has 0 saturated carbocycles. The van der Waals surface area contributed by atoms with E-state index in [0.29, 0.717) is 54.8 Å². The molecule has 0 radical (unpaired) electrons. The fourth-order valence-electron chi connectivity index (χ4n) is 4.33. The lowest BCUT2D eigenvalue weighted by Gasteiger charge is -2.22. The Bertz CT molecular complexity index is 1190. The SMILES string of the molecule is CCN(CCCNCCCN1CC(C(=O)N(C)Cc2ccc(Cl)c(Cl)c2)=C(O)C1=O)C(=O)C1=CC=CC=NC1. The molecule has 2 heterocycles. The highest BCUT2D eigenvalue weighted by Crippen LogP contribution is 2.24. The largest absolute Gasteiger partial charge is 0.503 e. The second-order valence-corrected chi connectivity index (χ2v) is 10.2. The third-order valence-corrected chi connectivity index (χ3v) is 7.24. The molecule has 0 saturated heterocycles. The molecule has 2 N–H and O–H groups in total. The highest BCUT2D eigenvalue weighted by Gasteiger charge is 2.34. The maximum absolute atomic E-state index is 12.9. The molecular formula is C28H35Cl2N5O4. The number of aliphatic imine (C=N–C) groups is 1. The maximum atomic E-state index is 12.9. The Morgan fingerprint density at radius 3 is 2.64 bits per heavy atom. The zero-order valence-electron chi connectivity index (χ0n) is 22.3. The molecule has 39 heavy (non-hydrogen) atoms. The minimum absolute atomic E-state index is 0.00835. The van der Waals surface area contributed by atoms with Crippen molar-refractivity contribution in [3.63, 3.8) is 0 Å². The molecular weight excluding hydrogens is 541 g/mol. The summed E-state index contributed by atoms with van der Waals surface area (Å²) < 4.78 is 0. The van der Waals surface area contributed by atoms with Crippen molar-refractivity contribution >= 4 is 47.1 Å². The number of rotatable bonds is 13. The summed E-state index contributed by atoms with van der Waals surface area (Å²) in [7, 11) is 1.61. The van der Waals surface area contributed by atoms with E-state index in [9.17, 15) is 19.5 Å². The molecule has 0 spiro atoms. The first-order chi connectivity index (χ1) is 18.7. The molecule has 2 aliphatic rings. The fraction of sp³-hybridized carbons (Fsp3) is 0.429. The van der Waals surface area contributed by atoms with E-state index in [1.807, 2.05) is 30.1 Å². The Morgan fingerprint density at radius 1 is 1.13 bits per heavy atom. The number of hydrogen-bond donors (Lipinski definition) is 2. The molecule has 0 aliphatic carbocycles. The normalized spacial score (nSPS) is 15.0. The number of benzene rings is 1. The monoisotopic (exact) mass is 575 g/mol. The Hall–Kier alpha value is -3.14. The molecule has 0 aromatic heterocycles. The summed E-state index contributed by atoms with van der Waals surface area (Å²) in [6, 6.07) is 5.11. The smallest absolute Gasteiger partial charge is 0.289 e. The van der Waals surface area contributed by atoms with Crippen LogP contribution in [0, 0.1) is 0 Å². The second kappa shape index (κ2) is 14.9. The Kier molecular flexibility index (Phi) is 11.6. The highest BCUT2D eigenvalue weighted by atomic mass is 35.5. The van der Waals surface area contributed by atoms with Crippen LogP contribution in [0.15, 0.2) is 58.3 Å². The quantitative estimate of drug-likeness (QED) is 0.351. The first-order valence-corrected chi connectivity index (χ1v) is 13.7. The molecule has 0 fully saturated rings. The average molecular weight is 577 g/mol. The van der Waals surface area contributed by atoms with Gasteiger partial charge in [-0.3, -0.25) is 19.4 Å². The van der Waals surface area contributed by atoms with Gasteiger partial charge in [0.2, 0.25) is 0 Å². The van der Waals surface area contributed by atoms with Gasteiger partial charge in [-0.25, -0.2) is 0 Å². The third-order valence-electron chi connectivity index (χ3n) is 6.50. The van der Waals surface area contributed by atoms with E-state index in [-0.39, 0.29) is 24.6 Å². The van der Waals surface area contributed by atoms with Gasteiger partial charge in [-0.15, -0.1) is 0 Å². The first kappa shape index (κ1) is 30.4. The van der Waals surface area contributed by atoms with Gasteiger partial charge in [0, 0.05) is 45.0 Å². The lowest BCUT2D eigenvalue weighted by molar-refractivity contribution is -0.128. The summed E-state index contributed by atoms with van der Waals surface area (Å²) in [5.41, 5.74) is 1.55. The number of aliphatic hydroxyl groups is 1. The summed E-state index contributed by atoms with van der Waals surface area (Å²) in [4.78, 5) is 47.1. The number of hydrogen-bond acceptors (Lipinski definition) is 6. The first-order valence-electron chi connectivity index (χ1n) is 13.0. The molecule has 0 unspecified atom stereocenters. The summed E-state index contributed by atoms with van der Waals surface area (Å²) in [5.74, 6) is -1.44. The Morgan fingerprint density at radius 2 is 1.90 bits per heavy atom. The summed E-state index contributed by atoms with van der Waals surface area (Å²) >= 11 is 12.0. The summed E-state index contributed by atoms with van der Waals surface area (Å²) in [6.07, 6.45) is 8.60. The predicted molar refractivity (Wildman–Crippen MR) is 154 cm³/mol. The van der Waals surface area contributed by atoms with Crippen molar-refractivity contribution < 1.29 is 19.5 Å². The number of aliphatic hydroxyl groups excluding tert-OH is 1. The predicted octanol–water partition coefficient (Wildman–Crippen LogP) is 3.39. The Balaban J connectivity index is 1.37. The number of halogens is 2. The summed E-state index contributed by atoms with van der Waals surface area (Å²) in [6.45, 7) is 5.73. The van der Waals surface area contributed by atoms with Gasteiger partial charge >= 0.3 is 0 Å². The number of amides is 3. The number of nitrogens with zero attached hydrogens (tertiary/aromatic N) is 4. The van der Waals surface area contributed by atoms with Crippen LogP contribution in [0.5, 0.6) is 0 Å². The van der Waals surface area contributed by atoms with Crippen LogP contribution in [0.1, 0.15) is 25.3 Å². The maximum Gasteiger partial charge on any atom is 0.289 e. The average Bonchev–Trinajstić information content (AvgIpc) is 3.09. The highest BCUT2D eigenvalue weighted by molar-refractivity contribution is 6.42. The van der Waals surface area contributed by atoms with Crippen LogP contribution in [0.4, 0.5) is 0 Å². The van der Waals surface area contributed by atoms with Gasteiger partial charge < -0.3 is 25.1 Å². The zero-order chi connectivity index (χ0) is 28.4. The van der Waals surface area contributed by atoms with Gasteiger partial charge in [-0.1, -0.05) is 41.4 Å². The topological polar surface area (TPSA) is 106 Å². The van der Waals surface area contributed by atoms with E-state index in [0.717, 1.165) is 18.5 Å². The van der Waals surface area contributed by atoms with Gasteiger partial charge in [0.1, 0.15) is 0 Å². The molecule has 210 valence electrons. The zero-order valence-corrected chi connectivity index (χ0v) is 23.8. The number of allylic oxidation sites excluding steroid dienone is 3. The number of carbonyl (C=O) groups is 3. The standard InChI is InChI=1S/C28H35Cl2N5O4/c1-3-34(26(37)21-8-4-5-11-32-17-21)14-6-12-31-13-7-15-35-19-22(25(36)28(35)39)27(38)33(2)18-20-9-10-23(29)24(30)16-20/h4-5,8-11,16,31,36H,3,6-7,12-15,17-19H2,1-2H3. The lowest BCUT2D eigenvalue weighted by atomic mass is 10.2. The van der Waals surface area contributed by atoms with Crippen LogP contribution in [-0.2, 0) is 20.9 Å². The van der Waals surface area contributed by atoms with Gasteiger partial charge in [-0.2, -0.15) is 0 Å². The second-order valence-electron chi connectivity index (χ2n) is 9.37. The molecule has 1 aromatic rings. The molecule has 11 heteroatoms. The van der Waals surface area contributed by atoms with Crippen molar-refractivity contribution in [3.8, 4) is 0 Å². The van der Waals surface area contributed by atoms with Crippen LogP contribution in [0.25, 0.3) is 0 Å². The lowest BCUT2D eigenvalue weighted by Crippen LogP contribution is -2.35. The van der Waals surface area contributed by atoms with E-state index in [1.165, 1.54) is 9.80 Å². The van der Waals surface area contributed by atoms with E-state index in [2.05, 4.69) is 10.3 Å². The van der Waals surface area contributed by atoms with E-state index >= 15 is 0 Å². The third kappa shape index (κ3) is 8.42. The molecule has 0 atom stereocenters. The van der Waals surface area contributed by atoms with E-state index in [4.69, 9.17) is 23.2 Å². The van der Waals surface area contributed by atoms with Crippen LogP contribution in [0.2, 0.25) is 10.0 Å². The molecule has 0 bridgehead atoms. The van der Waals surface area contributed by atoms with Gasteiger partial charge in [0.15, 0.2) is 5.76 Å². The van der Waals surface area contributed by atoms with Crippen molar-refractivity contribution in [1.29, 1.82) is 0 Å². The van der Waals surface area contributed by atoms with Crippen LogP contribution >= 0.6 is 23.2 Å². The van der Waals surface area contributed by atoms with Crippen molar-refractivity contribution in [2.24, 2.45) is 4.99 Å². The molecule has 2 aliphatic heterocycles. The van der Waals surface area contributed by atoms with Crippen molar-refractivity contribution in [1.82, 2.24) is 20.0 Å². The van der Waals surface area contributed by atoms with Crippen molar-refractivity contribution in [2.75, 3.05) is 52.9 Å². The van der Waals surface area contributed by atoms with Crippen molar-refractivity contribution in [2.45, 2.75) is 26.3 Å². The van der Waals surface area contributed by atoms with Gasteiger partial charge in [0.05, 0.1) is 28.7 Å². The Labute approximate surface area is 239 Å². The van der Waals surface area contributed by atoms with E-state index < -0.39 is 17.6 Å². The molecule has 3 rings (SSSR count). The van der Waals surface area contributed by atoms with E-state index in [1.54, 1.807) is 31.5 Å². The fourth-order valence-corrected chi connectivity index (χ4v) is 4.65. The number of nitrogens with one attached hydrogen (secondary N) is 1. The van der Waals surface area contributed by atoms with Crippen LogP contribution < -0.4 is 5.32 Å². The van der Waals surface area contributed by atoms with Crippen LogP contribution in [-0.4, -0.2) is 96.6 Å². The minimum Gasteiger partial charge on any atom is -0.503 e. The van der Waals surface area contributed by atoms with Gasteiger partial charge in [0.25, 0.3) is 17.7 Å². The number of carbonyl (C=O) groups excluding carboxylic acids is 3. The van der Waals surface area contributed by atoms with Gasteiger partial charge in [-0.05, 0) is 56.6 Å². The van der Waals surface area contributed by atoms with Crippen molar-refractivity contribution in [3.05, 3.63) is 68.9 Å². The summed E-state index contributed by atoms with van der Waals surface area (Å²) in [5, 5.41) is 14.5. The molecule has 3 amide bonds. The molecule has 9 nitrogen and oxygen atoms in total. The minimum atomic E-state index is -0.537. The van der Waals surface area contributed by atoms with Crippen LogP contribution in [0.3, 0.4) is 0 Å². The number of likely N-dealkylation sites (N-methyl/N-ethyl adjacent to an activating group) is 2. The molecule has 1 aromatic carbocycles.